The monoisotopic (exact) mass is 421 g/mol. The Kier molecular flexibility index (Phi) is 5.18. The Balaban J connectivity index is 1.26. The molecule has 1 saturated carbocycles. The van der Waals surface area contributed by atoms with Gasteiger partial charge in [-0.05, 0) is 68.7 Å². The van der Waals surface area contributed by atoms with Crippen molar-refractivity contribution >= 4 is 5.97 Å². The second kappa shape index (κ2) is 8.13. The van der Waals surface area contributed by atoms with Crippen LogP contribution >= 0.6 is 0 Å². The molecule has 2 N–H and O–H groups in total. The van der Waals surface area contributed by atoms with E-state index in [1.807, 2.05) is 12.1 Å². The van der Waals surface area contributed by atoms with Gasteiger partial charge in [0.2, 0.25) is 5.88 Å². The second-order valence-electron chi connectivity index (χ2n) is 8.37. The molecule has 0 atom stereocenters. The number of fused-ring (bicyclic) bond motifs is 1. The third-order valence-corrected chi connectivity index (χ3v) is 6.31. The summed E-state index contributed by atoms with van der Waals surface area (Å²) < 4.78 is 20.7. The average molecular weight is 421 g/mol. The first kappa shape index (κ1) is 19.7. The van der Waals surface area contributed by atoms with Crippen LogP contribution in [0.3, 0.4) is 0 Å². The number of imidazole rings is 1. The van der Waals surface area contributed by atoms with Crippen LogP contribution in [-0.2, 0) is 17.6 Å². The minimum absolute atomic E-state index is 0.0133. The topological polar surface area (TPSA) is 88.1 Å². The number of rotatable bonds is 5. The van der Waals surface area contributed by atoms with E-state index in [0.29, 0.717) is 43.0 Å². The second-order valence-corrected chi connectivity index (χ2v) is 8.37. The highest BCUT2D eigenvalue weighted by molar-refractivity contribution is 5.70. The third-order valence-electron chi connectivity index (χ3n) is 6.31. The number of carboxylic acid groups (broad SMARTS) is 1. The molecule has 7 heteroatoms. The fourth-order valence-electron chi connectivity index (χ4n) is 4.53. The van der Waals surface area contributed by atoms with Crippen LogP contribution in [0.1, 0.15) is 43.5 Å². The number of halogens is 1. The number of pyridine rings is 1. The Morgan fingerprint density at radius 1 is 1.10 bits per heavy atom. The summed E-state index contributed by atoms with van der Waals surface area (Å²) in [6.07, 6.45) is 7.37. The van der Waals surface area contributed by atoms with Crippen molar-refractivity contribution in [2.75, 3.05) is 0 Å². The van der Waals surface area contributed by atoms with Crippen molar-refractivity contribution in [2.24, 2.45) is 5.92 Å². The number of aromatic nitrogens is 3. The van der Waals surface area contributed by atoms with Crippen LogP contribution in [0.5, 0.6) is 5.88 Å². The van der Waals surface area contributed by atoms with Crippen molar-refractivity contribution in [3.05, 3.63) is 53.7 Å². The van der Waals surface area contributed by atoms with Gasteiger partial charge in [0.1, 0.15) is 17.7 Å². The maximum atomic E-state index is 14.8. The molecule has 5 rings (SSSR count). The lowest BCUT2D eigenvalue weighted by Gasteiger charge is -2.26. The number of nitrogens with zero attached hydrogens (tertiary/aromatic N) is 2. The first-order chi connectivity index (χ1) is 15.1. The van der Waals surface area contributed by atoms with Crippen LogP contribution in [0, 0.1) is 11.7 Å². The Bertz CT molecular complexity index is 1080. The number of hydrogen-bond donors (Lipinski definition) is 2. The summed E-state index contributed by atoms with van der Waals surface area (Å²) in [5.41, 5.74) is 4.18. The summed E-state index contributed by atoms with van der Waals surface area (Å²) in [7, 11) is 0. The van der Waals surface area contributed by atoms with E-state index in [-0.39, 0.29) is 17.8 Å². The zero-order valence-corrected chi connectivity index (χ0v) is 17.1. The zero-order valence-electron chi connectivity index (χ0n) is 17.1. The van der Waals surface area contributed by atoms with Crippen LogP contribution in [0.15, 0.2) is 36.5 Å². The van der Waals surface area contributed by atoms with Crippen molar-refractivity contribution in [1.82, 2.24) is 15.0 Å². The van der Waals surface area contributed by atoms with E-state index < -0.39 is 5.97 Å². The quantitative estimate of drug-likeness (QED) is 0.618. The van der Waals surface area contributed by atoms with Gasteiger partial charge in [-0.25, -0.2) is 14.4 Å². The summed E-state index contributed by atoms with van der Waals surface area (Å²) in [6, 6.07) is 8.77. The Morgan fingerprint density at radius 2 is 1.90 bits per heavy atom. The maximum Gasteiger partial charge on any atom is 0.306 e. The molecule has 1 fully saturated rings. The minimum atomic E-state index is -0.727. The lowest BCUT2D eigenvalue weighted by molar-refractivity contribution is -0.143. The van der Waals surface area contributed by atoms with Gasteiger partial charge < -0.3 is 14.8 Å². The molecule has 3 aromatic rings. The maximum absolute atomic E-state index is 14.8. The van der Waals surface area contributed by atoms with E-state index in [1.165, 1.54) is 6.07 Å². The molecule has 31 heavy (non-hydrogen) atoms. The van der Waals surface area contributed by atoms with Gasteiger partial charge in [-0.3, -0.25) is 4.79 Å². The van der Waals surface area contributed by atoms with Crippen LogP contribution in [0.2, 0.25) is 0 Å². The number of carboxylic acids is 1. The van der Waals surface area contributed by atoms with Crippen LogP contribution in [-0.4, -0.2) is 32.1 Å². The fourth-order valence-corrected chi connectivity index (χ4v) is 4.53. The molecule has 0 aliphatic heterocycles. The molecule has 2 aliphatic carbocycles. The van der Waals surface area contributed by atoms with E-state index in [9.17, 15) is 9.18 Å². The van der Waals surface area contributed by atoms with Gasteiger partial charge in [0, 0.05) is 23.5 Å². The highest BCUT2D eigenvalue weighted by atomic mass is 19.1. The summed E-state index contributed by atoms with van der Waals surface area (Å²) in [6.45, 7) is 0. The van der Waals surface area contributed by atoms with Crippen molar-refractivity contribution in [1.29, 1.82) is 0 Å². The number of aliphatic carboxylic acids is 1. The predicted octanol–water partition coefficient (Wildman–Crippen LogP) is 4.79. The number of benzene rings is 1. The van der Waals surface area contributed by atoms with Gasteiger partial charge in [-0.15, -0.1) is 0 Å². The standard InChI is InChI=1S/C24H24FN3O3/c25-19-12-15(6-10-18(19)23-27-20-2-1-3-21(20)28-23)16-7-11-22(26-13-16)31-17-8-4-14(5-9-17)24(29)30/h6-7,10-14,17H,1-5,8-9H2,(H,27,28)(H,29,30)/t14-,17+. The van der Waals surface area contributed by atoms with Gasteiger partial charge in [-0.1, -0.05) is 6.07 Å². The number of aromatic amines is 1. The zero-order chi connectivity index (χ0) is 21.4. The molecule has 0 radical (unpaired) electrons. The Morgan fingerprint density at radius 3 is 2.58 bits per heavy atom. The molecular formula is C24H24FN3O3. The van der Waals surface area contributed by atoms with Crippen LogP contribution < -0.4 is 4.74 Å². The van der Waals surface area contributed by atoms with Crippen molar-refractivity contribution in [3.8, 4) is 28.4 Å². The highest BCUT2D eigenvalue weighted by Gasteiger charge is 2.27. The molecule has 0 amide bonds. The SMILES string of the molecule is O=C(O)[C@H]1CC[C@@H](Oc2ccc(-c3ccc(-c4nc5c([nH]4)CCC5)c(F)c3)cn2)CC1. The number of carbonyl (C=O) groups is 1. The Labute approximate surface area is 179 Å². The number of H-pyrrole nitrogens is 1. The number of ether oxygens (including phenoxy) is 1. The molecule has 6 nitrogen and oxygen atoms in total. The van der Waals surface area contributed by atoms with E-state index >= 15 is 0 Å². The molecule has 160 valence electrons. The van der Waals surface area contributed by atoms with Gasteiger partial charge >= 0.3 is 5.97 Å². The van der Waals surface area contributed by atoms with Gasteiger partial charge in [0.05, 0.1) is 17.2 Å². The molecule has 0 bridgehead atoms. The van der Waals surface area contributed by atoms with Gasteiger partial charge in [-0.2, -0.15) is 0 Å². The molecule has 2 aromatic heterocycles. The Hall–Kier alpha value is -3.22. The number of hydrogen-bond acceptors (Lipinski definition) is 4. The summed E-state index contributed by atoms with van der Waals surface area (Å²) >= 11 is 0. The fraction of sp³-hybridized carbons (Fsp3) is 0.375. The lowest BCUT2D eigenvalue weighted by atomic mass is 9.87. The van der Waals surface area contributed by atoms with E-state index in [0.717, 1.165) is 41.8 Å². The molecule has 1 aromatic carbocycles. The molecule has 2 heterocycles. The third kappa shape index (κ3) is 4.04. The smallest absolute Gasteiger partial charge is 0.306 e. The minimum Gasteiger partial charge on any atom is -0.481 e. The summed E-state index contributed by atoms with van der Waals surface area (Å²) in [5, 5.41) is 9.10. The van der Waals surface area contributed by atoms with E-state index in [1.54, 1.807) is 18.3 Å². The van der Waals surface area contributed by atoms with Crippen molar-refractivity contribution in [2.45, 2.75) is 51.0 Å². The predicted molar refractivity (Wildman–Crippen MR) is 113 cm³/mol. The summed E-state index contributed by atoms with van der Waals surface area (Å²) in [5.74, 6) is -0.219. The van der Waals surface area contributed by atoms with Crippen LogP contribution in [0.4, 0.5) is 4.39 Å². The number of nitrogens with one attached hydrogen (secondary N) is 1. The van der Waals surface area contributed by atoms with Crippen molar-refractivity contribution in [3.63, 3.8) is 0 Å². The first-order valence-electron chi connectivity index (χ1n) is 10.8. The van der Waals surface area contributed by atoms with E-state index in [2.05, 4.69) is 15.0 Å². The van der Waals surface area contributed by atoms with Crippen molar-refractivity contribution < 1.29 is 19.0 Å². The summed E-state index contributed by atoms with van der Waals surface area (Å²) in [4.78, 5) is 23.2. The largest absolute Gasteiger partial charge is 0.481 e. The first-order valence-corrected chi connectivity index (χ1v) is 10.8. The lowest BCUT2D eigenvalue weighted by Crippen LogP contribution is -2.28. The molecule has 0 spiro atoms. The molecule has 0 saturated heterocycles. The molecule has 0 unspecified atom stereocenters. The molecule has 2 aliphatic rings. The number of aryl methyl sites for hydroxylation is 2. The van der Waals surface area contributed by atoms with Gasteiger partial charge in [0.25, 0.3) is 0 Å². The molecular weight excluding hydrogens is 397 g/mol. The van der Waals surface area contributed by atoms with Gasteiger partial charge in [0.15, 0.2) is 0 Å². The van der Waals surface area contributed by atoms with E-state index in [4.69, 9.17) is 9.84 Å². The van der Waals surface area contributed by atoms with Crippen LogP contribution in [0.25, 0.3) is 22.5 Å². The average Bonchev–Trinajstić information content (AvgIpc) is 3.37. The normalized spacial score (nSPS) is 20.4. The highest BCUT2D eigenvalue weighted by Crippen LogP contribution is 2.31.